The van der Waals surface area contributed by atoms with Gasteiger partial charge in [-0.05, 0) is 46.5 Å². The summed E-state index contributed by atoms with van der Waals surface area (Å²) < 4.78 is 7.62. The molecule has 1 aromatic heterocycles. The number of amides is 1. The number of nitrogens with zero attached hydrogens (tertiary/aromatic N) is 3. The number of carbonyl (C=O) groups is 1. The van der Waals surface area contributed by atoms with Gasteiger partial charge in [0.05, 0.1) is 17.4 Å². The minimum Gasteiger partial charge on any atom is -0.378 e. The molecule has 2 rings (SSSR count). The van der Waals surface area contributed by atoms with Crippen LogP contribution < -0.4 is 0 Å². The normalized spacial score (nSPS) is 18.8. The molecule has 1 amide bonds. The first kappa shape index (κ1) is 16.0. The average Bonchev–Trinajstić information content (AvgIpc) is 2.79. The van der Waals surface area contributed by atoms with E-state index >= 15 is 0 Å². The summed E-state index contributed by atoms with van der Waals surface area (Å²) in [7, 11) is 1.87. The highest BCUT2D eigenvalue weighted by atomic mass is 16.5. The van der Waals surface area contributed by atoms with Crippen LogP contribution in [0.25, 0.3) is 0 Å². The van der Waals surface area contributed by atoms with Gasteiger partial charge in [0.1, 0.15) is 0 Å². The number of hydrogen-bond acceptors (Lipinski definition) is 3. The molecule has 1 aliphatic rings. The van der Waals surface area contributed by atoms with E-state index in [9.17, 15) is 4.79 Å². The van der Waals surface area contributed by atoms with Gasteiger partial charge in [0.25, 0.3) is 5.91 Å². The van der Waals surface area contributed by atoms with Gasteiger partial charge in [0, 0.05) is 32.4 Å². The number of carbonyl (C=O) groups excluding carboxylic acids is 1. The summed E-state index contributed by atoms with van der Waals surface area (Å²) in [5.41, 5.74) is 2.53. The SMILES string of the molecule is CCn1nc(C)c(C(=O)N(C)CCC2CCCCO2)c1C. The predicted octanol–water partition coefficient (Wildman–Crippen LogP) is 2.55. The van der Waals surface area contributed by atoms with Gasteiger partial charge in [0.2, 0.25) is 0 Å². The first-order chi connectivity index (χ1) is 10.0. The molecule has 1 aromatic rings. The lowest BCUT2D eigenvalue weighted by Gasteiger charge is -2.25. The van der Waals surface area contributed by atoms with Gasteiger partial charge in [0.15, 0.2) is 0 Å². The zero-order chi connectivity index (χ0) is 15.4. The number of ether oxygens (including phenoxy) is 1. The zero-order valence-electron chi connectivity index (χ0n) is 13.7. The van der Waals surface area contributed by atoms with Gasteiger partial charge in [-0.3, -0.25) is 9.48 Å². The molecule has 5 heteroatoms. The zero-order valence-corrected chi connectivity index (χ0v) is 13.7. The van der Waals surface area contributed by atoms with Crippen molar-refractivity contribution in [1.29, 1.82) is 0 Å². The van der Waals surface area contributed by atoms with Crippen LogP contribution in [-0.4, -0.2) is 46.9 Å². The Balaban J connectivity index is 1.97. The van der Waals surface area contributed by atoms with E-state index < -0.39 is 0 Å². The molecule has 1 aliphatic heterocycles. The molecular formula is C16H27N3O2. The minimum atomic E-state index is 0.0699. The summed E-state index contributed by atoms with van der Waals surface area (Å²) in [5.74, 6) is 0.0699. The second-order valence-electron chi connectivity index (χ2n) is 5.87. The van der Waals surface area contributed by atoms with E-state index in [-0.39, 0.29) is 5.91 Å². The molecule has 0 bridgehead atoms. The molecule has 0 spiro atoms. The first-order valence-corrected chi connectivity index (χ1v) is 7.95. The summed E-state index contributed by atoms with van der Waals surface area (Å²) in [5, 5.41) is 4.43. The molecule has 1 fully saturated rings. The van der Waals surface area contributed by atoms with E-state index in [4.69, 9.17) is 4.74 Å². The molecule has 5 nitrogen and oxygen atoms in total. The summed E-state index contributed by atoms with van der Waals surface area (Å²) >= 11 is 0. The maximum absolute atomic E-state index is 12.6. The van der Waals surface area contributed by atoms with E-state index in [0.29, 0.717) is 6.10 Å². The van der Waals surface area contributed by atoms with Gasteiger partial charge in [-0.1, -0.05) is 0 Å². The van der Waals surface area contributed by atoms with Crippen molar-refractivity contribution in [2.75, 3.05) is 20.2 Å². The van der Waals surface area contributed by atoms with Gasteiger partial charge >= 0.3 is 0 Å². The number of aromatic nitrogens is 2. The number of hydrogen-bond donors (Lipinski definition) is 0. The Morgan fingerprint density at radius 2 is 2.19 bits per heavy atom. The van der Waals surface area contributed by atoms with Crippen LogP contribution in [0.4, 0.5) is 0 Å². The quantitative estimate of drug-likeness (QED) is 0.838. The molecule has 0 aliphatic carbocycles. The molecule has 0 saturated carbocycles. The van der Waals surface area contributed by atoms with Crippen molar-refractivity contribution in [1.82, 2.24) is 14.7 Å². The van der Waals surface area contributed by atoms with E-state index in [1.54, 1.807) is 4.90 Å². The molecule has 118 valence electrons. The third-order valence-corrected chi connectivity index (χ3v) is 4.30. The standard InChI is InChI=1S/C16H27N3O2/c1-5-19-13(3)15(12(2)17-19)16(20)18(4)10-9-14-8-6-7-11-21-14/h14H,5-11H2,1-4H3. The summed E-state index contributed by atoms with van der Waals surface area (Å²) in [4.78, 5) is 14.4. The van der Waals surface area contributed by atoms with Crippen LogP contribution in [-0.2, 0) is 11.3 Å². The molecular weight excluding hydrogens is 266 g/mol. The van der Waals surface area contributed by atoms with Gasteiger partial charge in [-0.15, -0.1) is 0 Å². The lowest BCUT2D eigenvalue weighted by molar-refractivity contribution is 0.00708. The molecule has 2 heterocycles. The van der Waals surface area contributed by atoms with Crippen molar-refractivity contribution in [3.8, 4) is 0 Å². The third-order valence-electron chi connectivity index (χ3n) is 4.30. The predicted molar refractivity (Wildman–Crippen MR) is 82.5 cm³/mol. The number of aryl methyl sites for hydroxylation is 2. The highest BCUT2D eigenvalue weighted by Gasteiger charge is 2.22. The van der Waals surface area contributed by atoms with Crippen molar-refractivity contribution in [3.05, 3.63) is 17.0 Å². The van der Waals surface area contributed by atoms with Crippen molar-refractivity contribution >= 4 is 5.91 Å². The van der Waals surface area contributed by atoms with Crippen molar-refractivity contribution in [2.24, 2.45) is 0 Å². The highest BCUT2D eigenvalue weighted by Crippen LogP contribution is 2.18. The van der Waals surface area contributed by atoms with Crippen LogP contribution in [0.15, 0.2) is 0 Å². The van der Waals surface area contributed by atoms with E-state index in [1.807, 2.05) is 32.5 Å². The van der Waals surface area contributed by atoms with Crippen LogP contribution in [0.1, 0.15) is 54.4 Å². The fourth-order valence-corrected chi connectivity index (χ4v) is 2.98. The van der Waals surface area contributed by atoms with E-state index in [1.165, 1.54) is 12.8 Å². The van der Waals surface area contributed by atoms with Crippen LogP contribution in [0, 0.1) is 13.8 Å². The Kier molecular flexibility index (Phi) is 5.39. The van der Waals surface area contributed by atoms with Gasteiger partial charge in [-0.2, -0.15) is 5.10 Å². The van der Waals surface area contributed by atoms with Crippen molar-refractivity contribution in [2.45, 2.75) is 59.1 Å². The van der Waals surface area contributed by atoms with Gasteiger partial charge < -0.3 is 9.64 Å². The monoisotopic (exact) mass is 293 g/mol. The first-order valence-electron chi connectivity index (χ1n) is 7.95. The fourth-order valence-electron chi connectivity index (χ4n) is 2.98. The smallest absolute Gasteiger partial charge is 0.257 e. The second-order valence-corrected chi connectivity index (χ2v) is 5.87. The second kappa shape index (κ2) is 7.07. The topological polar surface area (TPSA) is 47.4 Å². The maximum Gasteiger partial charge on any atom is 0.257 e. The van der Waals surface area contributed by atoms with E-state index in [0.717, 1.165) is 49.5 Å². The van der Waals surface area contributed by atoms with Crippen molar-refractivity contribution in [3.63, 3.8) is 0 Å². The lowest BCUT2D eigenvalue weighted by atomic mass is 10.1. The van der Waals surface area contributed by atoms with Crippen LogP contribution in [0.5, 0.6) is 0 Å². The summed E-state index contributed by atoms with van der Waals surface area (Å²) in [6.45, 7) is 8.31. The fraction of sp³-hybridized carbons (Fsp3) is 0.750. The molecule has 0 radical (unpaired) electrons. The molecule has 1 atom stereocenters. The van der Waals surface area contributed by atoms with Crippen LogP contribution in [0.2, 0.25) is 0 Å². The Hall–Kier alpha value is -1.36. The Morgan fingerprint density at radius 1 is 1.43 bits per heavy atom. The lowest BCUT2D eigenvalue weighted by Crippen LogP contribution is -2.32. The third kappa shape index (κ3) is 3.64. The molecule has 21 heavy (non-hydrogen) atoms. The molecule has 1 saturated heterocycles. The summed E-state index contributed by atoms with van der Waals surface area (Å²) in [6.07, 6.45) is 4.76. The maximum atomic E-state index is 12.6. The molecule has 1 unspecified atom stereocenters. The Bertz CT molecular complexity index is 490. The van der Waals surface area contributed by atoms with Gasteiger partial charge in [-0.25, -0.2) is 0 Å². The van der Waals surface area contributed by atoms with E-state index in [2.05, 4.69) is 5.10 Å². The Labute approximate surface area is 127 Å². The molecule has 0 aromatic carbocycles. The average molecular weight is 293 g/mol. The van der Waals surface area contributed by atoms with Crippen LogP contribution in [0.3, 0.4) is 0 Å². The largest absolute Gasteiger partial charge is 0.378 e. The van der Waals surface area contributed by atoms with Crippen LogP contribution >= 0.6 is 0 Å². The molecule has 0 N–H and O–H groups in total. The summed E-state index contributed by atoms with van der Waals surface area (Å²) in [6, 6.07) is 0. The Morgan fingerprint density at radius 3 is 2.76 bits per heavy atom. The highest BCUT2D eigenvalue weighted by molar-refractivity contribution is 5.96. The van der Waals surface area contributed by atoms with Crippen molar-refractivity contribution < 1.29 is 9.53 Å². The number of rotatable bonds is 5. The minimum absolute atomic E-state index is 0.0699.